The Labute approximate surface area is 112 Å². The van der Waals surface area contributed by atoms with E-state index in [1.165, 1.54) is 0 Å². The molecule has 2 aromatic rings. The fourth-order valence-electron chi connectivity index (χ4n) is 2.48. The second-order valence-electron chi connectivity index (χ2n) is 4.62. The Bertz CT molecular complexity index is 595. The van der Waals surface area contributed by atoms with Crippen molar-refractivity contribution >= 4 is 17.3 Å². The van der Waals surface area contributed by atoms with Crippen LogP contribution in [0.5, 0.6) is 0 Å². The molecule has 1 atom stereocenters. The lowest BCUT2D eigenvalue weighted by Gasteiger charge is -2.37. The van der Waals surface area contributed by atoms with Crippen LogP contribution >= 0.6 is 0 Å². The third-order valence-corrected chi connectivity index (χ3v) is 3.43. The van der Waals surface area contributed by atoms with E-state index in [-0.39, 0.29) is 12.1 Å². The molecule has 0 radical (unpaired) electrons. The topological polar surface area (TPSA) is 32.3 Å². The lowest BCUT2D eigenvalue weighted by atomic mass is 10.1. The lowest BCUT2D eigenvalue weighted by molar-refractivity contribution is 0.0974. The molecule has 1 heterocycles. The number of para-hydroxylation sites is 2. The van der Waals surface area contributed by atoms with Crippen molar-refractivity contribution in [3.63, 3.8) is 0 Å². The van der Waals surface area contributed by atoms with Crippen LogP contribution < -0.4 is 10.2 Å². The maximum Gasteiger partial charge on any atom is 0.262 e. The number of benzene rings is 2. The Kier molecular flexibility index (Phi) is 2.95. The molecule has 0 fully saturated rings. The van der Waals surface area contributed by atoms with E-state index in [0.29, 0.717) is 0 Å². The van der Waals surface area contributed by atoms with Gasteiger partial charge in [0.1, 0.15) is 6.17 Å². The van der Waals surface area contributed by atoms with Gasteiger partial charge in [-0.05, 0) is 30.7 Å². The van der Waals surface area contributed by atoms with E-state index in [0.717, 1.165) is 23.4 Å². The zero-order valence-electron chi connectivity index (χ0n) is 10.8. The zero-order chi connectivity index (χ0) is 13.2. The number of rotatable bonds is 2. The number of anilines is 2. The highest BCUT2D eigenvalue weighted by Crippen LogP contribution is 2.30. The standard InChI is InChI=1S/C16H16N2O/c1-2-15-17-14-11-7-6-10-13(14)16(19)18(15)12-8-4-3-5-9-12/h3-11,15,17H,2H2,1H3/t15-/m1/s1. The van der Waals surface area contributed by atoms with E-state index in [2.05, 4.69) is 12.2 Å². The van der Waals surface area contributed by atoms with Crippen LogP contribution in [0.4, 0.5) is 11.4 Å². The van der Waals surface area contributed by atoms with Gasteiger partial charge < -0.3 is 5.32 Å². The van der Waals surface area contributed by atoms with Crippen molar-refractivity contribution in [1.29, 1.82) is 0 Å². The van der Waals surface area contributed by atoms with E-state index in [9.17, 15) is 4.79 Å². The van der Waals surface area contributed by atoms with Gasteiger partial charge >= 0.3 is 0 Å². The number of carbonyl (C=O) groups excluding carboxylic acids is 1. The molecular weight excluding hydrogens is 236 g/mol. The van der Waals surface area contributed by atoms with Crippen molar-refractivity contribution < 1.29 is 4.79 Å². The third kappa shape index (κ3) is 1.97. The highest BCUT2D eigenvalue weighted by Gasteiger charge is 2.31. The molecular formula is C16H16N2O. The van der Waals surface area contributed by atoms with E-state index in [4.69, 9.17) is 0 Å². The summed E-state index contributed by atoms with van der Waals surface area (Å²) in [5, 5.41) is 3.43. The molecule has 0 spiro atoms. The first-order valence-electron chi connectivity index (χ1n) is 6.55. The van der Waals surface area contributed by atoms with Crippen molar-refractivity contribution in [3.05, 3.63) is 60.2 Å². The van der Waals surface area contributed by atoms with Crippen LogP contribution in [0.1, 0.15) is 23.7 Å². The van der Waals surface area contributed by atoms with Gasteiger partial charge in [-0.15, -0.1) is 0 Å². The number of amides is 1. The smallest absolute Gasteiger partial charge is 0.262 e. The molecule has 1 amide bonds. The summed E-state index contributed by atoms with van der Waals surface area (Å²) in [6.07, 6.45) is 0.861. The first kappa shape index (κ1) is 11.8. The Balaban J connectivity index is 2.07. The quantitative estimate of drug-likeness (QED) is 0.887. The maximum absolute atomic E-state index is 12.7. The Morgan fingerprint density at radius 2 is 1.74 bits per heavy atom. The monoisotopic (exact) mass is 252 g/mol. The van der Waals surface area contributed by atoms with E-state index >= 15 is 0 Å². The average Bonchev–Trinajstić information content (AvgIpc) is 2.48. The van der Waals surface area contributed by atoms with Gasteiger partial charge in [-0.3, -0.25) is 9.69 Å². The molecule has 0 aromatic heterocycles. The van der Waals surface area contributed by atoms with E-state index < -0.39 is 0 Å². The van der Waals surface area contributed by atoms with Crippen molar-refractivity contribution in [2.45, 2.75) is 19.5 Å². The Hall–Kier alpha value is -2.29. The molecule has 19 heavy (non-hydrogen) atoms. The highest BCUT2D eigenvalue weighted by molar-refractivity contribution is 6.11. The van der Waals surface area contributed by atoms with Gasteiger partial charge in [0.2, 0.25) is 0 Å². The molecule has 0 saturated carbocycles. The van der Waals surface area contributed by atoms with Crippen molar-refractivity contribution in [3.8, 4) is 0 Å². The molecule has 1 aliphatic rings. The summed E-state index contributed by atoms with van der Waals surface area (Å²) in [5.74, 6) is 0.0624. The van der Waals surface area contributed by atoms with Gasteiger partial charge in [-0.2, -0.15) is 0 Å². The number of hydrogen-bond donors (Lipinski definition) is 1. The first-order chi connectivity index (χ1) is 9.31. The second-order valence-corrected chi connectivity index (χ2v) is 4.62. The summed E-state index contributed by atoms with van der Waals surface area (Å²) in [6.45, 7) is 2.08. The van der Waals surface area contributed by atoms with Gasteiger partial charge in [0.05, 0.1) is 5.56 Å². The van der Waals surface area contributed by atoms with Crippen LogP contribution in [0, 0.1) is 0 Å². The summed E-state index contributed by atoms with van der Waals surface area (Å²) in [4.78, 5) is 14.5. The van der Waals surface area contributed by atoms with Crippen LogP contribution in [0.25, 0.3) is 0 Å². The predicted molar refractivity (Wildman–Crippen MR) is 77.4 cm³/mol. The SMILES string of the molecule is CC[C@@H]1Nc2ccccc2C(=O)N1c1ccccc1. The van der Waals surface area contributed by atoms with Crippen molar-refractivity contribution in [2.24, 2.45) is 0 Å². The molecule has 3 heteroatoms. The highest BCUT2D eigenvalue weighted by atomic mass is 16.2. The van der Waals surface area contributed by atoms with E-state index in [1.54, 1.807) is 0 Å². The Morgan fingerprint density at radius 3 is 2.47 bits per heavy atom. The van der Waals surface area contributed by atoms with Gasteiger partial charge in [-0.25, -0.2) is 0 Å². The first-order valence-corrected chi connectivity index (χ1v) is 6.55. The molecule has 3 nitrogen and oxygen atoms in total. The van der Waals surface area contributed by atoms with Crippen LogP contribution in [0.3, 0.4) is 0 Å². The summed E-state index contributed by atoms with van der Waals surface area (Å²) in [5.41, 5.74) is 2.59. The minimum absolute atomic E-state index is 0.00444. The molecule has 0 bridgehead atoms. The summed E-state index contributed by atoms with van der Waals surface area (Å²) in [6, 6.07) is 17.5. The van der Waals surface area contributed by atoms with Crippen LogP contribution in [0.2, 0.25) is 0 Å². The number of nitrogens with zero attached hydrogens (tertiary/aromatic N) is 1. The van der Waals surface area contributed by atoms with Gasteiger partial charge in [-0.1, -0.05) is 37.3 Å². The summed E-state index contributed by atoms with van der Waals surface area (Å²) in [7, 11) is 0. The molecule has 2 aromatic carbocycles. The van der Waals surface area contributed by atoms with Crippen molar-refractivity contribution in [2.75, 3.05) is 10.2 Å². The largest absolute Gasteiger partial charge is 0.364 e. The fraction of sp³-hybridized carbons (Fsp3) is 0.188. The molecule has 0 unspecified atom stereocenters. The molecule has 1 aliphatic heterocycles. The van der Waals surface area contributed by atoms with Crippen molar-refractivity contribution in [1.82, 2.24) is 0 Å². The summed E-state index contributed by atoms with van der Waals surface area (Å²) >= 11 is 0. The van der Waals surface area contributed by atoms with Gasteiger partial charge in [0.15, 0.2) is 0 Å². The molecule has 1 N–H and O–H groups in total. The Morgan fingerprint density at radius 1 is 1.05 bits per heavy atom. The zero-order valence-corrected chi connectivity index (χ0v) is 10.8. The number of hydrogen-bond acceptors (Lipinski definition) is 2. The number of carbonyl (C=O) groups is 1. The van der Waals surface area contributed by atoms with Crippen LogP contribution in [0.15, 0.2) is 54.6 Å². The minimum Gasteiger partial charge on any atom is -0.364 e. The lowest BCUT2D eigenvalue weighted by Crippen LogP contribution is -2.48. The maximum atomic E-state index is 12.7. The second kappa shape index (κ2) is 4.76. The van der Waals surface area contributed by atoms with Crippen LogP contribution in [-0.4, -0.2) is 12.1 Å². The molecule has 0 aliphatic carbocycles. The predicted octanol–water partition coefficient (Wildman–Crippen LogP) is 3.50. The molecule has 96 valence electrons. The molecule has 0 saturated heterocycles. The van der Waals surface area contributed by atoms with E-state index in [1.807, 2.05) is 59.5 Å². The normalized spacial score (nSPS) is 17.8. The summed E-state index contributed by atoms with van der Waals surface area (Å²) < 4.78 is 0. The number of nitrogens with one attached hydrogen (secondary N) is 1. The third-order valence-electron chi connectivity index (χ3n) is 3.43. The van der Waals surface area contributed by atoms with Gasteiger partial charge in [0, 0.05) is 11.4 Å². The minimum atomic E-state index is 0.00444. The fourth-order valence-corrected chi connectivity index (χ4v) is 2.48. The molecule has 3 rings (SSSR count). The van der Waals surface area contributed by atoms with Gasteiger partial charge in [0.25, 0.3) is 5.91 Å². The average molecular weight is 252 g/mol. The number of fused-ring (bicyclic) bond motifs is 1. The van der Waals surface area contributed by atoms with Crippen LogP contribution in [-0.2, 0) is 0 Å².